The summed E-state index contributed by atoms with van der Waals surface area (Å²) < 4.78 is 7.27. The van der Waals surface area contributed by atoms with Crippen molar-refractivity contribution in [1.82, 2.24) is 19.8 Å². The van der Waals surface area contributed by atoms with Gasteiger partial charge in [0.05, 0.1) is 11.9 Å². The van der Waals surface area contributed by atoms with Gasteiger partial charge in [0.2, 0.25) is 0 Å². The van der Waals surface area contributed by atoms with Crippen LogP contribution in [0, 0.1) is 13.8 Å². The molecule has 3 heterocycles. The maximum atomic E-state index is 5.25. The molecule has 0 aliphatic carbocycles. The van der Waals surface area contributed by atoms with Gasteiger partial charge < -0.3 is 4.52 Å². The van der Waals surface area contributed by atoms with E-state index < -0.39 is 0 Å². The van der Waals surface area contributed by atoms with Crippen molar-refractivity contribution in [2.45, 2.75) is 52.6 Å². The standard InChI is InChI=1S/C16H24N4O/c1-4-20-10-15(9-17-20)14-5-7-19(8-6-14)11-16-12(2)18-21-13(16)3/h9-10,14H,4-8,11H2,1-3H3. The Balaban J connectivity index is 1.58. The second kappa shape index (κ2) is 6.02. The van der Waals surface area contributed by atoms with Gasteiger partial charge in [0, 0.05) is 24.8 Å². The van der Waals surface area contributed by atoms with Gasteiger partial charge in [0.1, 0.15) is 5.76 Å². The first-order valence-electron chi connectivity index (χ1n) is 7.83. The van der Waals surface area contributed by atoms with Crippen LogP contribution in [-0.2, 0) is 13.1 Å². The summed E-state index contributed by atoms with van der Waals surface area (Å²) in [6.45, 7) is 10.3. The Labute approximate surface area is 125 Å². The molecule has 21 heavy (non-hydrogen) atoms. The Morgan fingerprint density at radius 3 is 2.62 bits per heavy atom. The predicted molar refractivity (Wildman–Crippen MR) is 81.1 cm³/mol. The first-order chi connectivity index (χ1) is 10.2. The van der Waals surface area contributed by atoms with E-state index in [2.05, 4.69) is 28.3 Å². The smallest absolute Gasteiger partial charge is 0.138 e. The molecular weight excluding hydrogens is 264 g/mol. The van der Waals surface area contributed by atoms with Gasteiger partial charge in [-0.15, -0.1) is 0 Å². The minimum absolute atomic E-state index is 0.659. The SMILES string of the molecule is CCn1cc(C2CCN(Cc3c(C)noc3C)CC2)cn1. The Morgan fingerprint density at radius 1 is 1.29 bits per heavy atom. The minimum Gasteiger partial charge on any atom is -0.361 e. The van der Waals surface area contributed by atoms with Gasteiger partial charge >= 0.3 is 0 Å². The molecule has 1 fully saturated rings. The van der Waals surface area contributed by atoms with Crippen LogP contribution in [0.5, 0.6) is 0 Å². The zero-order chi connectivity index (χ0) is 14.8. The highest BCUT2D eigenvalue weighted by Crippen LogP contribution is 2.29. The fourth-order valence-electron chi connectivity index (χ4n) is 3.14. The molecular formula is C16H24N4O. The quantitative estimate of drug-likeness (QED) is 0.868. The van der Waals surface area contributed by atoms with Gasteiger partial charge in [-0.3, -0.25) is 9.58 Å². The Hall–Kier alpha value is -1.62. The number of aromatic nitrogens is 3. The fraction of sp³-hybridized carbons (Fsp3) is 0.625. The molecule has 0 unspecified atom stereocenters. The molecule has 5 nitrogen and oxygen atoms in total. The molecule has 3 rings (SSSR count). The summed E-state index contributed by atoms with van der Waals surface area (Å²) in [6, 6.07) is 0. The van der Waals surface area contributed by atoms with E-state index in [0.29, 0.717) is 5.92 Å². The van der Waals surface area contributed by atoms with Crippen molar-refractivity contribution in [3.63, 3.8) is 0 Å². The molecule has 1 saturated heterocycles. The molecule has 0 spiro atoms. The van der Waals surface area contributed by atoms with Crippen molar-refractivity contribution in [3.8, 4) is 0 Å². The number of likely N-dealkylation sites (tertiary alicyclic amines) is 1. The van der Waals surface area contributed by atoms with Crippen LogP contribution in [0.25, 0.3) is 0 Å². The normalized spacial score (nSPS) is 17.5. The lowest BCUT2D eigenvalue weighted by molar-refractivity contribution is 0.203. The van der Waals surface area contributed by atoms with E-state index in [4.69, 9.17) is 4.52 Å². The average Bonchev–Trinajstić information content (AvgIpc) is 3.10. The summed E-state index contributed by atoms with van der Waals surface area (Å²) in [4.78, 5) is 2.51. The topological polar surface area (TPSA) is 47.1 Å². The summed E-state index contributed by atoms with van der Waals surface area (Å²) in [7, 11) is 0. The monoisotopic (exact) mass is 288 g/mol. The summed E-state index contributed by atoms with van der Waals surface area (Å²) in [5.41, 5.74) is 3.68. The van der Waals surface area contributed by atoms with E-state index in [1.54, 1.807) is 0 Å². The van der Waals surface area contributed by atoms with Gasteiger partial charge in [-0.2, -0.15) is 5.10 Å². The maximum absolute atomic E-state index is 5.25. The molecule has 0 aromatic carbocycles. The number of aryl methyl sites for hydroxylation is 3. The fourth-order valence-corrected chi connectivity index (χ4v) is 3.14. The highest BCUT2D eigenvalue weighted by molar-refractivity contribution is 5.21. The molecule has 0 N–H and O–H groups in total. The molecule has 1 aliphatic heterocycles. The van der Waals surface area contributed by atoms with Crippen molar-refractivity contribution < 1.29 is 4.52 Å². The number of hydrogen-bond acceptors (Lipinski definition) is 4. The maximum Gasteiger partial charge on any atom is 0.138 e. The molecule has 114 valence electrons. The first kappa shape index (κ1) is 14.3. The Morgan fingerprint density at radius 2 is 2.05 bits per heavy atom. The third kappa shape index (κ3) is 3.02. The molecule has 1 aliphatic rings. The molecule has 2 aromatic rings. The molecule has 0 bridgehead atoms. The van der Waals surface area contributed by atoms with Crippen LogP contribution in [0.4, 0.5) is 0 Å². The van der Waals surface area contributed by atoms with E-state index >= 15 is 0 Å². The van der Waals surface area contributed by atoms with Crippen LogP contribution in [-0.4, -0.2) is 32.9 Å². The van der Waals surface area contributed by atoms with Gasteiger partial charge in [-0.1, -0.05) is 5.16 Å². The highest BCUT2D eigenvalue weighted by Gasteiger charge is 2.23. The molecule has 0 amide bonds. The van der Waals surface area contributed by atoms with E-state index in [0.717, 1.165) is 37.6 Å². The zero-order valence-corrected chi connectivity index (χ0v) is 13.2. The van der Waals surface area contributed by atoms with Gasteiger partial charge in [-0.05, 0) is 58.2 Å². The first-order valence-corrected chi connectivity index (χ1v) is 7.83. The van der Waals surface area contributed by atoms with E-state index in [9.17, 15) is 0 Å². The van der Waals surface area contributed by atoms with Gasteiger partial charge in [-0.25, -0.2) is 0 Å². The van der Waals surface area contributed by atoms with Crippen LogP contribution in [0.3, 0.4) is 0 Å². The second-order valence-electron chi connectivity index (χ2n) is 5.98. The molecule has 0 saturated carbocycles. The summed E-state index contributed by atoms with van der Waals surface area (Å²) in [5.74, 6) is 1.62. The predicted octanol–water partition coefficient (Wildman–Crippen LogP) is 2.89. The molecule has 0 atom stereocenters. The van der Waals surface area contributed by atoms with Crippen molar-refractivity contribution >= 4 is 0 Å². The van der Waals surface area contributed by atoms with Crippen molar-refractivity contribution in [1.29, 1.82) is 0 Å². The van der Waals surface area contributed by atoms with Crippen molar-refractivity contribution in [3.05, 3.63) is 35.0 Å². The van der Waals surface area contributed by atoms with Gasteiger partial charge in [0.25, 0.3) is 0 Å². The minimum atomic E-state index is 0.659. The van der Waals surface area contributed by atoms with Crippen LogP contribution in [0.1, 0.15) is 48.3 Å². The van der Waals surface area contributed by atoms with E-state index in [-0.39, 0.29) is 0 Å². The lowest BCUT2D eigenvalue weighted by Crippen LogP contribution is -2.32. The molecule has 5 heteroatoms. The van der Waals surface area contributed by atoms with Crippen LogP contribution < -0.4 is 0 Å². The average molecular weight is 288 g/mol. The Kier molecular flexibility index (Phi) is 4.10. The lowest BCUT2D eigenvalue weighted by atomic mass is 9.91. The summed E-state index contributed by atoms with van der Waals surface area (Å²) in [6.07, 6.45) is 6.66. The third-order valence-electron chi connectivity index (χ3n) is 4.60. The second-order valence-corrected chi connectivity index (χ2v) is 5.98. The van der Waals surface area contributed by atoms with Crippen molar-refractivity contribution in [2.24, 2.45) is 0 Å². The van der Waals surface area contributed by atoms with Gasteiger partial charge in [0.15, 0.2) is 0 Å². The zero-order valence-electron chi connectivity index (χ0n) is 13.2. The van der Waals surface area contributed by atoms with Crippen LogP contribution in [0.15, 0.2) is 16.9 Å². The summed E-state index contributed by atoms with van der Waals surface area (Å²) >= 11 is 0. The molecule has 0 radical (unpaired) electrons. The Bertz CT molecular complexity index is 574. The third-order valence-corrected chi connectivity index (χ3v) is 4.60. The number of rotatable bonds is 4. The van der Waals surface area contributed by atoms with Crippen LogP contribution in [0.2, 0.25) is 0 Å². The largest absolute Gasteiger partial charge is 0.361 e. The summed E-state index contributed by atoms with van der Waals surface area (Å²) in [5, 5.41) is 8.44. The number of hydrogen-bond donors (Lipinski definition) is 0. The highest BCUT2D eigenvalue weighted by atomic mass is 16.5. The number of piperidine rings is 1. The van der Waals surface area contributed by atoms with E-state index in [1.165, 1.54) is 24.0 Å². The number of nitrogens with zero attached hydrogens (tertiary/aromatic N) is 4. The lowest BCUT2D eigenvalue weighted by Gasteiger charge is -2.31. The van der Waals surface area contributed by atoms with E-state index in [1.807, 2.05) is 24.7 Å². The van der Waals surface area contributed by atoms with Crippen LogP contribution >= 0.6 is 0 Å². The molecule has 2 aromatic heterocycles. The van der Waals surface area contributed by atoms with Crippen molar-refractivity contribution in [2.75, 3.05) is 13.1 Å².